The van der Waals surface area contributed by atoms with Gasteiger partial charge in [-0.15, -0.1) is 0 Å². The Balaban J connectivity index is 2.03. The maximum absolute atomic E-state index is 12.0. The van der Waals surface area contributed by atoms with Crippen LogP contribution < -0.4 is 4.74 Å². The molecular weight excluding hydrogens is 264 g/mol. The molecule has 1 unspecified atom stereocenters. The Morgan fingerprint density at radius 3 is 2.43 bits per heavy atom. The maximum Gasteiger partial charge on any atom is 0.141 e. The molecule has 1 aliphatic rings. The molecular formula is C18H26O3. The van der Waals surface area contributed by atoms with Crippen molar-refractivity contribution in [2.45, 2.75) is 46.0 Å². The summed E-state index contributed by atoms with van der Waals surface area (Å²) in [6.07, 6.45) is 1.77. The van der Waals surface area contributed by atoms with Crippen LogP contribution in [0.2, 0.25) is 0 Å². The molecule has 1 fully saturated rings. The van der Waals surface area contributed by atoms with E-state index < -0.39 is 5.41 Å². The van der Waals surface area contributed by atoms with Gasteiger partial charge in [0.25, 0.3) is 0 Å². The third-order valence-electron chi connectivity index (χ3n) is 4.30. The summed E-state index contributed by atoms with van der Waals surface area (Å²) >= 11 is 0. The van der Waals surface area contributed by atoms with Crippen molar-refractivity contribution in [2.75, 3.05) is 19.8 Å². The zero-order valence-corrected chi connectivity index (χ0v) is 13.6. The number of hydrogen-bond donors (Lipinski definition) is 0. The van der Waals surface area contributed by atoms with Gasteiger partial charge in [0.2, 0.25) is 0 Å². The first-order valence-electron chi connectivity index (χ1n) is 7.66. The largest absolute Gasteiger partial charge is 0.492 e. The molecule has 0 saturated carbocycles. The fourth-order valence-electron chi connectivity index (χ4n) is 2.62. The fraction of sp³-hybridized carbons (Fsp3) is 0.611. The Labute approximate surface area is 127 Å². The molecule has 0 amide bonds. The highest BCUT2D eigenvalue weighted by molar-refractivity contribution is 5.82. The lowest BCUT2D eigenvalue weighted by atomic mass is 9.80. The van der Waals surface area contributed by atoms with E-state index in [1.165, 1.54) is 5.56 Å². The van der Waals surface area contributed by atoms with E-state index in [0.717, 1.165) is 25.2 Å². The van der Waals surface area contributed by atoms with Crippen LogP contribution in [-0.4, -0.2) is 25.6 Å². The van der Waals surface area contributed by atoms with Crippen LogP contribution in [0.5, 0.6) is 5.75 Å². The number of carbonyl (C=O) groups is 1. The number of ether oxygens (including phenoxy) is 2. The SMILES string of the molecule is CC(=O)C1(COc2ccc(C(C)(C)C)cc2)CCCOC1. The van der Waals surface area contributed by atoms with Gasteiger partial charge in [-0.3, -0.25) is 4.79 Å². The van der Waals surface area contributed by atoms with Gasteiger partial charge in [0.15, 0.2) is 0 Å². The minimum atomic E-state index is -0.471. The quantitative estimate of drug-likeness (QED) is 0.847. The average Bonchev–Trinajstić information content (AvgIpc) is 2.45. The van der Waals surface area contributed by atoms with Crippen molar-refractivity contribution >= 4 is 5.78 Å². The highest BCUT2D eigenvalue weighted by Gasteiger charge is 2.38. The van der Waals surface area contributed by atoms with Gasteiger partial charge >= 0.3 is 0 Å². The lowest BCUT2D eigenvalue weighted by molar-refractivity contribution is -0.137. The van der Waals surface area contributed by atoms with Crippen LogP contribution in [0.1, 0.15) is 46.1 Å². The van der Waals surface area contributed by atoms with Gasteiger partial charge in [-0.05, 0) is 42.9 Å². The molecule has 0 aliphatic carbocycles. The molecule has 1 aliphatic heterocycles. The number of rotatable bonds is 4. The third-order valence-corrected chi connectivity index (χ3v) is 4.30. The molecule has 0 spiro atoms. The molecule has 1 aromatic rings. The summed E-state index contributed by atoms with van der Waals surface area (Å²) in [7, 11) is 0. The van der Waals surface area contributed by atoms with Crippen molar-refractivity contribution in [3.63, 3.8) is 0 Å². The van der Waals surface area contributed by atoms with Crippen LogP contribution in [0, 0.1) is 5.41 Å². The zero-order chi connectivity index (χ0) is 15.5. The van der Waals surface area contributed by atoms with Crippen LogP contribution in [0.15, 0.2) is 24.3 Å². The minimum absolute atomic E-state index is 0.135. The Kier molecular flexibility index (Phi) is 4.72. The van der Waals surface area contributed by atoms with E-state index in [9.17, 15) is 4.79 Å². The van der Waals surface area contributed by atoms with Gasteiger partial charge in [-0.2, -0.15) is 0 Å². The van der Waals surface area contributed by atoms with Crippen LogP contribution in [-0.2, 0) is 14.9 Å². The van der Waals surface area contributed by atoms with Crippen molar-refractivity contribution in [3.8, 4) is 5.75 Å². The van der Waals surface area contributed by atoms with Crippen LogP contribution in [0.3, 0.4) is 0 Å². The number of ketones is 1. The van der Waals surface area contributed by atoms with Gasteiger partial charge in [0, 0.05) is 6.61 Å². The van der Waals surface area contributed by atoms with E-state index in [4.69, 9.17) is 9.47 Å². The predicted octanol–water partition coefficient (Wildman–Crippen LogP) is 3.75. The van der Waals surface area contributed by atoms with Gasteiger partial charge in [0.05, 0.1) is 12.0 Å². The lowest BCUT2D eigenvalue weighted by Gasteiger charge is -2.34. The normalized spacial score (nSPS) is 22.9. The molecule has 0 radical (unpaired) electrons. The van der Waals surface area contributed by atoms with Gasteiger partial charge < -0.3 is 9.47 Å². The van der Waals surface area contributed by atoms with E-state index in [1.807, 2.05) is 12.1 Å². The first kappa shape index (κ1) is 16.0. The summed E-state index contributed by atoms with van der Waals surface area (Å²) in [5.74, 6) is 0.975. The second-order valence-corrected chi connectivity index (χ2v) is 7.06. The van der Waals surface area contributed by atoms with E-state index in [-0.39, 0.29) is 11.2 Å². The van der Waals surface area contributed by atoms with E-state index >= 15 is 0 Å². The molecule has 3 nitrogen and oxygen atoms in total. The second-order valence-electron chi connectivity index (χ2n) is 7.06. The van der Waals surface area contributed by atoms with E-state index in [2.05, 4.69) is 32.9 Å². The standard InChI is InChI=1S/C18H26O3/c1-14(19)18(10-5-11-20-12-18)13-21-16-8-6-15(7-9-16)17(2,3)4/h6-9H,5,10-13H2,1-4H3. The van der Waals surface area contributed by atoms with Crippen LogP contribution in [0.25, 0.3) is 0 Å². The lowest BCUT2D eigenvalue weighted by Crippen LogP contribution is -2.43. The van der Waals surface area contributed by atoms with Gasteiger partial charge in [0.1, 0.15) is 18.1 Å². The van der Waals surface area contributed by atoms with Crippen LogP contribution >= 0.6 is 0 Å². The summed E-state index contributed by atoms with van der Waals surface area (Å²) < 4.78 is 11.4. The molecule has 2 rings (SSSR count). The molecule has 0 aromatic heterocycles. The summed E-state index contributed by atoms with van der Waals surface area (Å²) in [6, 6.07) is 8.15. The van der Waals surface area contributed by atoms with Crippen molar-refractivity contribution in [1.29, 1.82) is 0 Å². The monoisotopic (exact) mass is 290 g/mol. The number of hydrogen-bond acceptors (Lipinski definition) is 3. The van der Waals surface area contributed by atoms with Crippen molar-refractivity contribution in [1.82, 2.24) is 0 Å². The maximum atomic E-state index is 12.0. The van der Waals surface area contributed by atoms with E-state index in [0.29, 0.717) is 13.2 Å². The molecule has 0 bridgehead atoms. The van der Waals surface area contributed by atoms with Gasteiger partial charge in [-0.1, -0.05) is 32.9 Å². The second kappa shape index (κ2) is 6.18. The molecule has 3 heteroatoms. The Morgan fingerprint density at radius 1 is 1.29 bits per heavy atom. The summed E-state index contributed by atoms with van der Waals surface area (Å²) in [5, 5.41) is 0. The Bertz CT molecular complexity index is 476. The smallest absolute Gasteiger partial charge is 0.141 e. The number of Topliss-reactive ketones (excluding diaryl/α,β-unsaturated/α-hetero) is 1. The summed E-state index contributed by atoms with van der Waals surface area (Å²) in [5.41, 5.74) is 0.939. The molecule has 116 valence electrons. The minimum Gasteiger partial charge on any atom is -0.492 e. The Hall–Kier alpha value is -1.35. The number of carbonyl (C=O) groups excluding carboxylic acids is 1. The highest BCUT2D eigenvalue weighted by atomic mass is 16.5. The van der Waals surface area contributed by atoms with Gasteiger partial charge in [-0.25, -0.2) is 0 Å². The molecule has 1 aromatic carbocycles. The molecule has 0 N–H and O–H groups in total. The predicted molar refractivity (Wildman–Crippen MR) is 83.8 cm³/mol. The highest BCUT2D eigenvalue weighted by Crippen LogP contribution is 2.31. The first-order valence-corrected chi connectivity index (χ1v) is 7.66. The molecule has 1 heterocycles. The van der Waals surface area contributed by atoms with Crippen LogP contribution in [0.4, 0.5) is 0 Å². The molecule has 21 heavy (non-hydrogen) atoms. The van der Waals surface area contributed by atoms with Crippen molar-refractivity contribution < 1.29 is 14.3 Å². The third kappa shape index (κ3) is 3.85. The summed E-state index contributed by atoms with van der Waals surface area (Å²) in [4.78, 5) is 12.0. The first-order chi connectivity index (χ1) is 9.83. The van der Waals surface area contributed by atoms with Crippen molar-refractivity contribution in [2.24, 2.45) is 5.41 Å². The number of benzene rings is 1. The fourth-order valence-corrected chi connectivity index (χ4v) is 2.62. The Morgan fingerprint density at radius 2 is 1.95 bits per heavy atom. The van der Waals surface area contributed by atoms with Crippen molar-refractivity contribution in [3.05, 3.63) is 29.8 Å². The van der Waals surface area contributed by atoms with E-state index in [1.54, 1.807) is 6.92 Å². The topological polar surface area (TPSA) is 35.5 Å². The average molecular weight is 290 g/mol. The summed E-state index contributed by atoms with van der Waals surface area (Å²) in [6.45, 7) is 9.82. The zero-order valence-electron chi connectivity index (χ0n) is 13.6. The molecule has 1 saturated heterocycles. The molecule has 1 atom stereocenters.